The molecule has 0 bridgehead atoms. The van der Waals surface area contributed by atoms with Gasteiger partial charge in [-0.2, -0.15) is 21.0 Å². The largest absolute Gasteiger partial charge is 0.204 e. The smallest absolute Gasteiger partial charge is 0.196 e. The zero-order valence-electron chi connectivity index (χ0n) is 22.6. The van der Waals surface area contributed by atoms with Gasteiger partial charge >= 0.3 is 0 Å². The van der Waals surface area contributed by atoms with Crippen LogP contribution in [0.4, 0.5) is 0 Å². The molecule has 1 atom stereocenters. The zero-order valence-corrected chi connectivity index (χ0v) is 22.6. The predicted molar refractivity (Wildman–Crippen MR) is 154 cm³/mol. The van der Waals surface area contributed by atoms with Crippen molar-refractivity contribution < 1.29 is 0 Å². The van der Waals surface area contributed by atoms with Crippen LogP contribution < -0.4 is 0 Å². The third kappa shape index (κ3) is 3.79. The van der Waals surface area contributed by atoms with Crippen molar-refractivity contribution in [1.82, 2.24) is 0 Å². The summed E-state index contributed by atoms with van der Waals surface area (Å²) in [4.78, 5) is 0. The molecule has 0 saturated heterocycles. The Bertz CT molecular complexity index is 1720. The fourth-order valence-corrected chi connectivity index (χ4v) is 5.85. The van der Waals surface area contributed by atoms with E-state index in [0.29, 0.717) is 16.7 Å². The van der Waals surface area contributed by atoms with Crippen molar-refractivity contribution in [2.24, 2.45) is 5.41 Å². The highest BCUT2D eigenvalue weighted by Crippen LogP contribution is 2.60. The third-order valence-corrected chi connectivity index (χ3v) is 7.96. The molecule has 0 aliphatic heterocycles. The minimum atomic E-state index is -2.11. The van der Waals surface area contributed by atoms with Crippen LogP contribution in [0.2, 0.25) is 0 Å². The molecular weight excluding hydrogens is 488 g/mol. The molecular formula is C36H26N4. The number of hydrogen-bond donors (Lipinski definition) is 0. The van der Waals surface area contributed by atoms with Gasteiger partial charge in [0.25, 0.3) is 0 Å². The first-order valence-corrected chi connectivity index (χ1v) is 13.1. The number of benzene rings is 4. The molecule has 4 heteroatoms. The summed E-state index contributed by atoms with van der Waals surface area (Å²) in [6.45, 7) is 6.00. The molecule has 40 heavy (non-hydrogen) atoms. The van der Waals surface area contributed by atoms with E-state index in [-0.39, 0.29) is 0 Å². The van der Waals surface area contributed by atoms with Crippen LogP contribution in [-0.2, 0) is 5.41 Å². The highest BCUT2D eigenvalue weighted by molar-refractivity contribution is 5.88. The lowest BCUT2D eigenvalue weighted by molar-refractivity contribution is 0.420. The van der Waals surface area contributed by atoms with E-state index in [4.69, 9.17) is 0 Å². The molecule has 0 heterocycles. The fraction of sp³-hybridized carbons (Fsp3) is 0.167. The summed E-state index contributed by atoms with van der Waals surface area (Å²) in [7, 11) is 0. The number of nitriles is 4. The van der Waals surface area contributed by atoms with E-state index in [1.807, 2.05) is 106 Å². The second-order valence-electron chi connectivity index (χ2n) is 10.4. The van der Waals surface area contributed by atoms with Gasteiger partial charge in [0.2, 0.25) is 10.8 Å². The van der Waals surface area contributed by atoms with Gasteiger partial charge in [0.05, 0.1) is 24.3 Å². The minimum absolute atomic E-state index is 0.393. The van der Waals surface area contributed by atoms with Crippen molar-refractivity contribution in [2.75, 3.05) is 0 Å². The van der Waals surface area contributed by atoms with E-state index in [0.717, 1.165) is 38.9 Å². The van der Waals surface area contributed by atoms with Crippen molar-refractivity contribution >= 4 is 5.57 Å². The van der Waals surface area contributed by atoms with Gasteiger partial charge in [0, 0.05) is 5.92 Å². The molecule has 0 fully saturated rings. The van der Waals surface area contributed by atoms with Crippen LogP contribution in [0, 0.1) is 71.5 Å². The maximum atomic E-state index is 11.0. The summed E-state index contributed by atoms with van der Waals surface area (Å²) < 4.78 is 0. The van der Waals surface area contributed by atoms with Gasteiger partial charge in [-0.1, -0.05) is 114 Å². The van der Waals surface area contributed by atoms with Crippen molar-refractivity contribution in [1.29, 1.82) is 21.0 Å². The van der Waals surface area contributed by atoms with E-state index in [1.54, 1.807) is 12.1 Å². The monoisotopic (exact) mass is 514 g/mol. The van der Waals surface area contributed by atoms with Crippen LogP contribution in [0.1, 0.15) is 50.4 Å². The van der Waals surface area contributed by atoms with E-state index < -0.39 is 16.7 Å². The van der Waals surface area contributed by atoms with Gasteiger partial charge in [0.15, 0.2) is 0 Å². The van der Waals surface area contributed by atoms with Crippen LogP contribution in [0.15, 0.2) is 103 Å². The average Bonchev–Trinajstić information content (AvgIpc) is 2.99. The quantitative estimate of drug-likeness (QED) is 0.281. The van der Waals surface area contributed by atoms with E-state index in [1.165, 1.54) is 0 Å². The highest BCUT2D eigenvalue weighted by atomic mass is 14.6. The van der Waals surface area contributed by atoms with E-state index in [9.17, 15) is 21.0 Å². The molecule has 1 aliphatic carbocycles. The molecule has 5 rings (SSSR count). The molecule has 1 aliphatic rings. The molecule has 0 N–H and O–H groups in total. The van der Waals surface area contributed by atoms with Crippen molar-refractivity contribution in [3.8, 4) is 24.3 Å². The van der Waals surface area contributed by atoms with Gasteiger partial charge in [-0.3, -0.25) is 0 Å². The standard InChI is InChI=1S/C36H26N4/c1-24-8-14-27(15-9-24)32(28-16-10-25(2)11-17-28)34-33(29-18-12-26(3)13-19-29)30-6-4-5-7-31(30)35(20-37,21-38)36(34,22-39)23-40/h4-19,33H,1-3H3. The zero-order chi connectivity index (χ0) is 28.5. The lowest BCUT2D eigenvalue weighted by atomic mass is 9.49. The number of aryl methyl sites for hydroxylation is 3. The summed E-state index contributed by atoms with van der Waals surface area (Å²) in [5.41, 5.74) is 3.79. The Morgan fingerprint density at radius 2 is 0.975 bits per heavy atom. The first-order chi connectivity index (χ1) is 19.4. The lowest BCUT2D eigenvalue weighted by Gasteiger charge is -2.45. The summed E-state index contributed by atoms with van der Waals surface area (Å²) in [6.07, 6.45) is 0. The molecule has 0 spiro atoms. The topological polar surface area (TPSA) is 95.2 Å². The van der Waals surface area contributed by atoms with Crippen molar-refractivity contribution in [2.45, 2.75) is 32.1 Å². The Labute approximate surface area is 235 Å². The third-order valence-electron chi connectivity index (χ3n) is 7.96. The predicted octanol–water partition coefficient (Wildman–Crippen LogP) is 7.58. The molecule has 0 aromatic heterocycles. The maximum absolute atomic E-state index is 11.0. The highest BCUT2D eigenvalue weighted by Gasteiger charge is 2.64. The lowest BCUT2D eigenvalue weighted by Crippen LogP contribution is -2.49. The van der Waals surface area contributed by atoms with Crippen LogP contribution >= 0.6 is 0 Å². The minimum Gasteiger partial charge on any atom is -0.196 e. The molecule has 0 radical (unpaired) electrons. The number of allylic oxidation sites excluding steroid dienone is 1. The summed E-state index contributed by atoms with van der Waals surface area (Å²) >= 11 is 0. The van der Waals surface area contributed by atoms with Gasteiger partial charge < -0.3 is 0 Å². The van der Waals surface area contributed by atoms with Crippen LogP contribution in [0.25, 0.3) is 5.57 Å². The first-order valence-electron chi connectivity index (χ1n) is 13.1. The summed E-state index contributed by atoms with van der Waals surface area (Å²) in [5, 5.41) is 43.3. The Kier molecular flexibility index (Phi) is 6.58. The number of hydrogen-bond acceptors (Lipinski definition) is 4. The SMILES string of the molecule is Cc1ccc(C(=C2C(c3ccc(C)cc3)c3ccccc3C(C#N)(C#N)C2(C#N)C#N)c2ccc(C)cc2)cc1. The van der Waals surface area contributed by atoms with Gasteiger partial charge in [-0.05, 0) is 59.7 Å². The first kappa shape index (κ1) is 26.2. The van der Waals surface area contributed by atoms with Crippen LogP contribution in [0.3, 0.4) is 0 Å². The van der Waals surface area contributed by atoms with Crippen LogP contribution in [0.5, 0.6) is 0 Å². The Hall–Kier alpha value is -5.42. The Morgan fingerprint density at radius 1 is 0.550 bits per heavy atom. The second kappa shape index (κ2) is 10.0. The number of fused-ring (bicyclic) bond motifs is 1. The fourth-order valence-electron chi connectivity index (χ4n) is 5.85. The number of nitrogens with zero attached hydrogens (tertiary/aromatic N) is 4. The molecule has 4 nitrogen and oxygen atoms in total. The van der Waals surface area contributed by atoms with Crippen LogP contribution in [-0.4, -0.2) is 0 Å². The normalized spacial score (nSPS) is 16.4. The summed E-state index contributed by atoms with van der Waals surface area (Å²) in [6, 6.07) is 39.9. The van der Waals surface area contributed by atoms with Gasteiger partial charge in [-0.25, -0.2) is 0 Å². The average molecular weight is 515 g/mol. The molecule has 0 amide bonds. The van der Waals surface area contributed by atoms with E-state index in [2.05, 4.69) is 24.3 Å². The van der Waals surface area contributed by atoms with Crippen molar-refractivity contribution in [3.63, 3.8) is 0 Å². The maximum Gasteiger partial charge on any atom is 0.204 e. The summed E-state index contributed by atoms with van der Waals surface area (Å²) in [5.74, 6) is -0.552. The van der Waals surface area contributed by atoms with Gasteiger partial charge in [-0.15, -0.1) is 0 Å². The van der Waals surface area contributed by atoms with E-state index >= 15 is 0 Å². The second-order valence-corrected chi connectivity index (χ2v) is 10.4. The number of rotatable bonds is 3. The molecule has 190 valence electrons. The molecule has 4 aromatic carbocycles. The Morgan fingerprint density at radius 3 is 1.43 bits per heavy atom. The molecule has 4 aromatic rings. The van der Waals surface area contributed by atoms with Crippen molar-refractivity contribution in [3.05, 3.63) is 147 Å². The Balaban J connectivity index is 2.08. The molecule has 0 saturated carbocycles. The van der Waals surface area contributed by atoms with Gasteiger partial charge in [0.1, 0.15) is 0 Å². The molecule has 1 unspecified atom stereocenters.